The van der Waals surface area contributed by atoms with Gasteiger partial charge in [0.25, 0.3) is 0 Å². The molecule has 1 aliphatic heterocycles. The monoisotopic (exact) mass is 457 g/mol. The fourth-order valence-corrected chi connectivity index (χ4v) is 4.27. The number of piperidine rings is 1. The molecule has 0 aliphatic carbocycles. The molecule has 5 aromatic rings. The summed E-state index contributed by atoms with van der Waals surface area (Å²) in [4.78, 5) is 22.8. The molecule has 0 unspecified atom stereocenters. The second kappa shape index (κ2) is 8.18. The van der Waals surface area contributed by atoms with Crippen LogP contribution in [0.3, 0.4) is 0 Å². The molecule has 2 N–H and O–H groups in total. The maximum absolute atomic E-state index is 14.5. The Morgan fingerprint density at radius 1 is 1.09 bits per heavy atom. The van der Waals surface area contributed by atoms with E-state index in [9.17, 15) is 9.18 Å². The Morgan fingerprint density at radius 3 is 2.79 bits per heavy atom. The van der Waals surface area contributed by atoms with E-state index in [2.05, 4.69) is 40.8 Å². The average molecular weight is 457 g/mol. The average Bonchev–Trinajstić information content (AvgIpc) is 3.52. The van der Waals surface area contributed by atoms with E-state index in [4.69, 9.17) is 0 Å². The molecule has 1 fully saturated rings. The van der Waals surface area contributed by atoms with Gasteiger partial charge in [-0.25, -0.2) is 9.37 Å². The molecule has 34 heavy (non-hydrogen) atoms. The summed E-state index contributed by atoms with van der Waals surface area (Å²) in [5.41, 5.74) is 3.15. The smallest absolute Gasteiger partial charge is 0.227 e. The summed E-state index contributed by atoms with van der Waals surface area (Å²) in [6.07, 6.45) is 1.26. The van der Waals surface area contributed by atoms with Gasteiger partial charge in [0.15, 0.2) is 11.5 Å². The lowest BCUT2D eigenvalue weighted by Gasteiger charge is -2.31. The Morgan fingerprint density at radius 2 is 1.94 bits per heavy atom. The Hall–Kier alpha value is -4.41. The lowest BCUT2D eigenvalue weighted by atomic mass is 9.95. The number of para-hydroxylation sites is 2. The fourth-order valence-electron chi connectivity index (χ4n) is 4.27. The number of nitrogens with zero attached hydrogens (tertiary/aromatic N) is 7. The predicted octanol–water partition coefficient (Wildman–Crippen LogP) is 3.06. The van der Waals surface area contributed by atoms with E-state index >= 15 is 0 Å². The Labute approximate surface area is 192 Å². The molecule has 4 heterocycles. The lowest BCUT2D eigenvalue weighted by Crippen LogP contribution is -2.38. The van der Waals surface area contributed by atoms with Crippen LogP contribution in [0.15, 0.2) is 54.6 Å². The van der Waals surface area contributed by atoms with Crippen LogP contribution in [-0.2, 0) is 4.79 Å². The number of carbonyl (C=O) groups is 1. The van der Waals surface area contributed by atoms with Gasteiger partial charge in [0.2, 0.25) is 5.91 Å². The van der Waals surface area contributed by atoms with Crippen LogP contribution in [0.2, 0.25) is 0 Å². The number of carbonyl (C=O) groups excluding carboxylic acids is 1. The number of halogens is 1. The van der Waals surface area contributed by atoms with E-state index in [-0.39, 0.29) is 17.5 Å². The topological polar surface area (TPSA) is 117 Å². The van der Waals surface area contributed by atoms with Gasteiger partial charge in [0.05, 0.1) is 16.7 Å². The van der Waals surface area contributed by atoms with Crippen LogP contribution in [0.25, 0.3) is 28.1 Å². The summed E-state index contributed by atoms with van der Waals surface area (Å²) in [5.74, 6) is 0.483. The Kier molecular flexibility index (Phi) is 4.86. The van der Waals surface area contributed by atoms with Crippen molar-refractivity contribution in [2.45, 2.75) is 12.8 Å². The molecule has 1 saturated heterocycles. The summed E-state index contributed by atoms with van der Waals surface area (Å²) < 4.78 is 15.9. The van der Waals surface area contributed by atoms with Crippen LogP contribution >= 0.6 is 0 Å². The van der Waals surface area contributed by atoms with E-state index in [1.165, 1.54) is 10.7 Å². The molecule has 11 heteroatoms. The van der Waals surface area contributed by atoms with Crippen LogP contribution in [0.4, 0.5) is 15.9 Å². The minimum Gasteiger partial charge on any atom is -0.355 e. The minimum absolute atomic E-state index is 0.149. The highest BCUT2D eigenvalue weighted by Crippen LogP contribution is 2.27. The third kappa shape index (κ3) is 3.70. The highest BCUT2D eigenvalue weighted by atomic mass is 19.1. The Bertz CT molecular complexity index is 1470. The summed E-state index contributed by atoms with van der Waals surface area (Å²) in [7, 11) is 0. The first-order valence-corrected chi connectivity index (χ1v) is 11.0. The van der Waals surface area contributed by atoms with Gasteiger partial charge in [0, 0.05) is 24.6 Å². The number of imidazole rings is 1. The summed E-state index contributed by atoms with van der Waals surface area (Å²) in [6, 6.07) is 16.0. The molecule has 10 nitrogen and oxygen atoms in total. The number of benzene rings is 2. The highest BCUT2D eigenvalue weighted by Gasteiger charge is 2.26. The number of hydrogen-bond acceptors (Lipinski definition) is 7. The van der Waals surface area contributed by atoms with Gasteiger partial charge in [-0.05, 0) is 65.7 Å². The maximum atomic E-state index is 14.5. The molecule has 0 saturated carbocycles. The van der Waals surface area contributed by atoms with Crippen LogP contribution in [0.5, 0.6) is 0 Å². The fraction of sp³-hybridized carbons (Fsp3) is 0.217. The lowest BCUT2D eigenvalue weighted by molar-refractivity contribution is -0.120. The number of aromatic amines is 1. The molecule has 0 atom stereocenters. The number of anilines is 2. The van der Waals surface area contributed by atoms with Crippen LogP contribution in [0.1, 0.15) is 12.8 Å². The number of rotatable bonds is 4. The van der Waals surface area contributed by atoms with Crippen molar-refractivity contribution in [1.29, 1.82) is 0 Å². The van der Waals surface area contributed by atoms with Gasteiger partial charge in [-0.3, -0.25) is 4.79 Å². The van der Waals surface area contributed by atoms with E-state index in [1.54, 1.807) is 18.2 Å². The zero-order valence-corrected chi connectivity index (χ0v) is 18.0. The molecule has 170 valence electrons. The van der Waals surface area contributed by atoms with Crippen LogP contribution in [0, 0.1) is 11.7 Å². The maximum Gasteiger partial charge on any atom is 0.227 e. The third-order valence-corrected chi connectivity index (χ3v) is 6.13. The highest BCUT2D eigenvalue weighted by molar-refractivity contribution is 5.93. The predicted molar refractivity (Wildman–Crippen MR) is 124 cm³/mol. The standard InChI is InChI=1S/C23H20FN9O/c24-16-6-5-15(22-25-17-3-1-2-4-18(17)26-22)13-19(16)27-23(34)14-9-11-32(12-10-14)21-8-7-20-28-30-31-33(20)29-21/h1-8,13-14H,9-12H2,(H,25,26)(H,27,34). The molecule has 1 aliphatic rings. The summed E-state index contributed by atoms with van der Waals surface area (Å²) >= 11 is 0. The third-order valence-electron chi connectivity index (χ3n) is 6.13. The molecule has 0 bridgehead atoms. The minimum atomic E-state index is -0.482. The molecule has 6 rings (SSSR count). The quantitative estimate of drug-likeness (QED) is 0.426. The second-order valence-electron chi connectivity index (χ2n) is 8.27. The van der Waals surface area contributed by atoms with E-state index in [0.717, 1.165) is 16.9 Å². The summed E-state index contributed by atoms with van der Waals surface area (Å²) in [5, 5.41) is 18.5. The first-order chi connectivity index (χ1) is 16.6. The van der Waals surface area contributed by atoms with Gasteiger partial charge in [-0.1, -0.05) is 12.1 Å². The number of H-pyrrole nitrogens is 1. The van der Waals surface area contributed by atoms with Gasteiger partial charge < -0.3 is 15.2 Å². The van der Waals surface area contributed by atoms with Crippen molar-refractivity contribution in [3.05, 3.63) is 60.4 Å². The first-order valence-electron chi connectivity index (χ1n) is 11.0. The van der Waals surface area contributed by atoms with E-state index in [1.807, 2.05) is 30.3 Å². The van der Waals surface area contributed by atoms with Crippen molar-refractivity contribution in [2.75, 3.05) is 23.3 Å². The number of amides is 1. The van der Waals surface area contributed by atoms with Gasteiger partial charge >= 0.3 is 0 Å². The van der Waals surface area contributed by atoms with Gasteiger partial charge in [-0.15, -0.1) is 14.8 Å². The molecule has 1 amide bonds. The number of nitrogens with one attached hydrogen (secondary N) is 2. The molecule has 0 spiro atoms. The Balaban J connectivity index is 1.14. The van der Waals surface area contributed by atoms with Crippen LogP contribution < -0.4 is 10.2 Å². The largest absolute Gasteiger partial charge is 0.355 e. The normalized spacial score (nSPS) is 14.7. The van der Waals surface area contributed by atoms with Crippen molar-refractivity contribution in [3.8, 4) is 11.4 Å². The molecule has 2 aromatic carbocycles. The zero-order valence-electron chi connectivity index (χ0n) is 18.0. The molecule has 3 aromatic heterocycles. The SMILES string of the molecule is O=C(Nc1cc(-c2nc3ccccc3[nH]2)ccc1F)C1CCN(c2ccc3nnnn3n2)CC1. The van der Waals surface area contributed by atoms with Crippen molar-refractivity contribution < 1.29 is 9.18 Å². The number of hydrogen-bond donors (Lipinski definition) is 2. The zero-order chi connectivity index (χ0) is 23.1. The van der Waals surface area contributed by atoms with Crippen molar-refractivity contribution in [2.24, 2.45) is 5.92 Å². The van der Waals surface area contributed by atoms with Gasteiger partial charge in [-0.2, -0.15) is 0 Å². The number of tetrazole rings is 1. The molecular weight excluding hydrogens is 437 g/mol. The second-order valence-corrected chi connectivity index (χ2v) is 8.27. The summed E-state index contributed by atoms with van der Waals surface area (Å²) in [6.45, 7) is 1.31. The van der Waals surface area contributed by atoms with Crippen LogP contribution in [-0.4, -0.2) is 54.2 Å². The van der Waals surface area contributed by atoms with Crippen molar-refractivity contribution in [3.63, 3.8) is 0 Å². The molecule has 0 radical (unpaired) electrons. The first kappa shape index (κ1) is 20.2. The number of aromatic nitrogens is 7. The van der Waals surface area contributed by atoms with E-state index < -0.39 is 5.82 Å². The van der Waals surface area contributed by atoms with Gasteiger partial charge in [0.1, 0.15) is 11.6 Å². The molecular formula is C23H20FN9O. The number of fused-ring (bicyclic) bond motifs is 2. The van der Waals surface area contributed by atoms with Crippen molar-refractivity contribution >= 4 is 34.1 Å². The van der Waals surface area contributed by atoms with E-state index in [0.29, 0.717) is 43.0 Å². The van der Waals surface area contributed by atoms with Crippen molar-refractivity contribution in [1.82, 2.24) is 35.2 Å².